The molecule has 0 aliphatic heterocycles. The van der Waals surface area contributed by atoms with Gasteiger partial charge in [-0.3, -0.25) is 0 Å². The van der Waals surface area contributed by atoms with Gasteiger partial charge in [0.1, 0.15) is 11.8 Å². The first-order valence-corrected chi connectivity index (χ1v) is 6.03. The summed E-state index contributed by atoms with van der Waals surface area (Å²) >= 11 is 1.75. The summed E-state index contributed by atoms with van der Waals surface area (Å²) < 4.78 is 2.19. The maximum atomic E-state index is 5.89. The molecule has 2 aromatic rings. The van der Waals surface area contributed by atoms with Gasteiger partial charge in [0.2, 0.25) is 5.51 Å². The van der Waals surface area contributed by atoms with E-state index in [4.69, 9.17) is 5.73 Å². The molecule has 0 aliphatic rings. The number of nitrogens with zero attached hydrogens (tertiary/aromatic N) is 2. The molecule has 0 bridgehead atoms. The highest BCUT2D eigenvalue weighted by Gasteiger charge is 2.17. The van der Waals surface area contributed by atoms with Gasteiger partial charge in [0.25, 0.3) is 11.6 Å². The van der Waals surface area contributed by atoms with Crippen LogP contribution in [-0.2, 0) is 6.54 Å². The number of H-pyrrole nitrogens is 1. The highest BCUT2D eigenvalue weighted by Crippen LogP contribution is 2.10. The van der Waals surface area contributed by atoms with E-state index in [2.05, 4.69) is 33.9 Å². The molecule has 0 amide bonds. The minimum absolute atomic E-state index is 0.604. The molecule has 0 radical (unpaired) electrons. The molecule has 2 aromatic heterocycles. The van der Waals surface area contributed by atoms with Gasteiger partial charge in [-0.15, -0.1) is 0 Å². The molecule has 0 aliphatic carbocycles. The summed E-state index contributed by atoms with van der Waals surface area (Å²) in [5.41, 5.74) is 10.3. The topological polar surface area (TPSA) is 56.9 Å². The summed E-state index contributed by atoms with van der Waals surface area (Å²) in [5, 5.41) is 0. The molecule has 0 aromatic carbocycles. The van der Waals surface area contributed by atoms with Crippen molar-refractivity contribution in [1.29, 1.82) is 0 Å². The standard InChI is InChI=1S/C11H15N4S/c1-7-8(2)16-6-15(7)5-10-4-13-9(3)14-11(10)12/h4,6H,5H2,1-3H3,(H2,12,13,14)/q+1/p+1. The lowest BCUT2D eigenvalue weighted by molar-refractivity contribution is -0.690. The summed E-state index contributed by atoms with van der Waals surface area (Å²) in [6.07, 6.45) is 1.93. The number of aromatic amines is 1. The number of rotatable bonds is 2. The van der Waals surface area contributed by atoms with Gasteiger partial charge in [0, 0.05) is 13.8 Å². The summed E-state index contributed by atoms with van der Waals surface area (Å²) in [4.78, 5) is 8.64. The highest BCUT2D eigenvalue weighted by atomic mass is 32.1. The van der Waals surface area contributed by atoms with Crippen LogP contribution in [0.5, 0.6) is 0 Å². The van der Waals surface area contributed by atoms with E-state index in [-0.39, 0.29) is 0 Å². The average molecular weight is 236 g/mol. The van der Waals surface area contributed by atoms with Crippen molar-refractivity contribution >= 4 is 17.2 Å². The second kappa shape index (κ2) is 4.17. The van der Waals surface area contributed by atoms with Gasteiger partial charge in [-0.05, 0) is 11.9 Å². The number of hydrogen-bond acceptors (Lipinski definition) is 3. The van der Waals surface area contributed by atoms with Gasteiger partial charge in [-0.2, -0.15) is 4.57 Å². The van der Waals surface area contributed by atoms with Crippen molar-refractivity contribution in [3.63, 3.8) is 0 Å². The van der Waals surface area contributed by atoms with E-state index in [9.17, 15) is 0 Å². The minimum atomic E-state index is 0.604. The Kier molecular flexibility index (Phi) is 2.87. The number of thiazole rings is 1. The van der Waals surface area contributed by atoms with Crippen molar-refractivity contribution in [2.45, 2.75) is 27.3 Å². The van der Waals surface area contributed by atoms with Crippen LogP contribution in [-0.4, -0.2) is 4.98 Å². The third kappa shape index (κ3) is 2.04. The number of nitrogen functional groups attached to an aromatic ring is 1. The number of nitrogens with one attached hydrogen (secondary N) is 1. The quantitative estimate of drug-likeness (QED) is 0.784. The average Bonchev–Trinajstić information content (AvgIpc) is 2.54. The van der Waals surface area contributed by atoms with Crippen molar-refractivity contribution in [2.75, 3.05) is 5.73 Å². The normalized spacial score (nSPS) is 10.7. The Morgan fingerprint density at radius 3 is 2.75 bits per heavy atom. The fourth-order valence-electron chi connectivity index (χ4n) is 1.53. The molecule has 2 rings (SSSR count). The maximum Gasteiger partial charge on any atom is 0.295 e. The molecule has 0 unspecified atom stereocenters. The number of aromatic nitrogens is 3. The van der Waals surface area contributed by atoms with Gasteiger partial charge in [-0.1, -0.05) is 11.3 Å². The molecule has 3 N–H and O–H groups in total. The number of hydrogen-bond donors (Lipinski definition) is 1. The molecule has 0 fully saturated rings. The number of anilines is 1. The van der Waals surface area contributed by atoms with E-state index in [0.717, 1.165) is 17.9 Å². The van der Waals surface area contributed by atoms with Crippen LogP contribution in [0.3, 0.4) is 0 Å². The molecule has 0 spiro atoms. The lowest BCUT2D eigenvalue weighted by atomic mass is 10.3. The summed E-state index contributed by atoms with van der Waals surface area (Å²) in [6, 6.07) is 0. The van der Waals surface area contributed by atoms with Crippen molar-refractivity contribution in [3.8, 4) is 0 Å². The van der Waals surface area contributed by atoms with Crippen molar-refractivity contribution in [3.05, 3.63) is 33.7 Å². The van der Waals surface area contributed by atoms with Crippen LogP contribution in [0, 0.1) is 20.8 Å². The second-order valence-corrected chi connectivity index (χ2v) is 4.95. The lowest BCUT2D eigenvalue weighted by Gasteiger charge is -1.96. The van der Waals surface area contributed by atoms with E-state index in [1.54, 1.807) is 11.3 Å². The molecular weight excluding hydrogens is 220 g/mol. The number of aryl methyl sites for hydroxylation is 2. The Morgan fingerprint density at radius 1 is 1.44 bits per heavy atom. The summed E-state index contributed by atoms with van der Waals surface area (Å²) in [7, 11) is 0. The molecule has 0 saturated heterocycles. The first-order chi connectivity index (χ1) is 7.58. The third-order valence-corrected chi connectivity index (χ3v) is 3.72. The molecule has 5 heteroatoms. The van der Waals surface area contributed by atoms with Gasteiger partial charge in [0.15, 0.2) is 12.2 Å². The Balaban J connectivity index is 2.30. The molecule has 2 heterocycles. The fraction of sp³-hybridized carbons (Fsp3) is 0.364. The largest absolute Gasteiger partial charge is 0.362 e. The predicted molar refractivity (Wildman–Crippen MR) is 63.0 cm³/mol. The molecule has 84 valence electrons. The molecule has 16 heavy (non-hydrogen) atoms. The Hall–Kier alpha value is -1.49. The Bertz CT molecular complexity index is 519. The highest BCUT2D eigenvalue weighted by molar-refractivity contribution is 7.09. The Morgan fingerprint density at radius 2 is 2.19 bits per heavy atom. The van der Waals surface area contributed by atoms with Crippen molar-refractivity contribution in [2.24, 2.45) is 0 Å². The smallest absolute Gasteiger partial charge is 0.295 e. The van der Waals surface area contributed by atoms with Crippen LogP contribution in [0.15, 0.2) is 11.7 Å². The van der Waals surface area contributed by atoms with E-state index in [0.29, 0.717) is 5.82 Å². The number of nitrogens with two attached hydrogens (primary N) is 1. The minimum Gasteiger partial charge on any atom is -0.362 e. The van der Waals surface area contributed by atoms with Crippen LogP contribution < -0.4 is 15.3 Å². The first-order valence-electron chi connectivity index (χ1n) is 5.15. The van der Waals surface area contributed by atoms with Crippen LogP contribution in [0.1, 0.15) is 22.0 Å². The summed E-state index contributed by atoms with van der Waals surface area (Å²) in [6.45, 7) is 6.91. The molecule has 0 saturated carbocycles. The van der Waals surface area contributed by atoms with E-state index >= 15 is 0 Å². The molecule has 4 nitrogen and oxygen atoms in total. The SMILES string of the molecule is Cc1nc(N)c(C[n+]2csc(C)c2C)c[nH+]1. The van der Waals surface area contributed by atoms with Crippen molar-refractivity contribution < 1.29 is 9.55 Å². The van der Waals surface area contributed by atoms with Crippen LogP contribution in [0.4, 0.5) is 5.82 Å². The van der Waals surface area contributed by atoms with E-state index in [1.165, 1.54) is 10.6 Å². The Labute approximate surface area is 98.8 Å². The van der Waals surface area contributed by atoms with Crippen LogP contribution >= 0.6 is 11.3 Å². The fourth-order valence-corrected chi connectivity index (χ4v) is 2.33. The van der Waals surface area contributed by atoms with Crippen molar-refractivity contribution in [1.82, 2.24) is 4.98 Å². The summed E-state index contributed by atoms with van der Waals surface area (Å²) in [5.74, 6) is 1.44. The third-order valence-electron chi connectivity index (χ3n) is 2.71. The zero-order chi connectivity index (χ0) is 11.7. The zero-order valence-electron chi connectivity index (χ0n) is 9.74. The predicted octanol–water partition coefficient (Wildman–Crippen LogP) is 0.800. The lowest BCUT2D eigenvalue weighted by Crippen LogP contribution is -2.36. The monoisotopic (exact) mass is 236 g/mol. The van der Waals surface area contributed by atoms with Crippen LogP contribution in [0.2, 0.25) is 0 Å². The van der Waals surface area contributed by atoms with Gasteiger partial charge < -0.3 is 5.73 Å². The first kappa shape index (κ1) is 11.0. The molecule has 0 atom stereocenters. The van der Waals surface area contributed by atoms with Gasteiger partial charge >= 0.3 is 0 Å². The van der Waals surface area contributed by atoms with E-state index in [1.807, 2.05) is 13.1 Å². The second-order valence-electron chi connectivity index (χ2n) is 3.89. The van der Waals surface area contributed by atoms with Gasteiger partial charge in [-0.25, -0.2) is 4.98 Å². The van der Waals surface area contributed by atoms with Crippen LogP contribution in [0.25, 0.3) is 0 Å². The van der Waals surface area contributed by atoms with Gasteiger partial charge in [0.05, 0.1) is 4.88 Å². The van der Waals surface area contributed by atoms with E-state index < -0.39 is 0 Å². The maximum absolute atomic E-state index is 5.89. The zero-order valence-corrected chi connectivity index (χ0v) is 10.6. The molecular formula is C11H16N4S+2.